The summed E-state index contributed by atoms with van der Waals surface area (Å²) >= 11 is 2.92. The molecule has 1 rings (SSSR count). The number of carbonyl (C=O) groups excluding carboxylic acids is 1. The maximum atomic E-state index is 11.8. The number of primary sulfonamides is 1. The fraction of sp³-hybridized carbons (Fsp3) is 0.583. The molecule has 1 aromatic heterocycles. The molecular formula is C12H19BrN2O4S. The number of sulfonamides is 1. The summed E-state index contributed by atoms with van der Waals surface area (Å²) in [6.45, 7) is 4.82. The molecule has 20 heavy (non-hydrogen) atoms. The van der Waals surface area contributed by atoms with Gasteiger partial charge < -0.3 is 9.73 Å². The Bertz CT molecular complexity index is 566. The van der Waals surface area contributed by atoms with Crippen molar-refractivity contribution in [1.82, 2.24) is 5.32 Å². The minimum atomic E-state index is -3.91. The van der Waals surface area contributed by atoms with Gasteiger partial charge >= 0.3 is 0 Å². The summed E-state index contributed by atoms with van der Waals surface area (Å²) in [5.41, 5.74) is 0. The van der Waals surface area contributed by atoms with Crippen LogP contribution in [0.5, 0.6) is 0 Å². The number of carbonyl (C=O) groups is 1. The van der Waals surface area contributed by atoms with Crippen molar-refractivity contribution in [2.45, 2.75) is 38.0 Å². The molecule has 0 aliphatic rings. The van der Waals surface area contributed by atoms with Gasteiger partial charge in [0.1, 0.15) is 4.90 Å². The molecule has 0 unspecified atom stereocenters. The molecule has 0 saturated heterocycles. The molecule has 1 heterocycles. The standard InChI is InChI=1S/C12H19BrN2O4S/c1-8(2)5-3-4-6-15-12(16)9-7-10(11(13)19-9)20(14,17)18/h7-8H,3-6H2,1-2H3,(H,15,16)(H2,14,17,18). The fourth-order valence-corrected chi connectivity index (χ4v) is 3.13. The summed E-state index contributed by atoms with van der Waals surface area (Å²) < 4.78 is 27.4. The number of nitrogens with two attached hydrogens (primary N) is 1. The lowest BCUT2D eigenvalue weighted by Crippen LogP contribution is -2.24. The van der Waals surface area contributed by atoms with Crippen LogP contribution in [0.15, 0.2) is 20.0 Å². The van der Waals surface area contributed by atoms with E-state index < -0.39 is 15.9 Å². The number of furan rings is 1. The third-order valence-corrected chi connectivity index (χ3v) is 4.45. The molecule has 8 heteroatoms. The van der Waals surface area contributed by atoms with Crippen molar-refractivity contribution in [3.63, 3.8) is 0 Å². The van der Waals surface area contributed by atoms with Crippen LogP contribution in [0, 0.1) is 5.92 Å². The number of amides is 1. The largest absolute Gasteiger partial charge is 0.443 e. The molecule has 114 valence electrons. The normalized spacial score (nSPS) is 11.8. The molecule has 0 saturated carbocycles. The van der Waals surface area contributed by atoms with E-state index in [2.05, 4.69) is 35.1 Å². The van der Waals surface area contributed by atoms with Crippen molar-refractivity contribution in [2.24, 2.45) is 11.1 Å². The number of halogens is 1. The van der Waals surface area contributed by atoms with Crippen molar-refractivity contribution in [3.8, 4) is 0 Å². The number of hydrogen-bond donors (Lipinski definition) is 2. The lowest BCUT2D eigenvalue weighted by atomic mass is 10.1. The van der Waals surface area contributed by atoms with Gasteiger partial charge in [-0.1, -0.05) is 26.7 Å². The molecule has 0 spiro atoms. The molecule has 0 bridgehead atoms. The summed E-state index contributed by atoms with van der Waals surface area (Å²) in [6.07, 6.45) is 3.01. The van der Waals surface area contributed by atoms with Gasteiger partial charge in [0.25, 0.3) is 5.91 Å². The molecule has 0 aromatic carbocycles. The fourth-order valence-electron chi connectivity index (χ4n) is 1.62. The van der Waals surface area contributed by atoms with Crippen LogP contribution in [0.25, 0.3) is 0 Å². The molecule has 1 amide bonds. The Morgan fingerprint density at radius 3 is 2.60 bits per heavy atom. The second-order valence-corrected chi connectivity index (χ2v) is 7.19. The topological polar surface area (TPSA) is 102 Å². The maximum absolute atomic E-state index is 11.8. The summed E-state index contributed by atoms with van der Waals surface area (Å²) in [5.74, 6) is 0.110. The van der Waals surface area contributed by atoms with Gasteiger partial charge in [0.2, 0.25) is 10.0 Å². The van der Waals surface area contributed by atoms with Crippen molar-refractivity contribution < 1.29 is 17.6 Å². The Morgan fingerprint density at radius 1 is 1.45 bits per heavy atom. The molecule has 0 radical (unpaired) electrons. The van der Waals surface area contributed by atoms with Crippen LogP contribution in [0.4, 0.5) is 0 Å². The van der Waals surface area contributed by atoms with Gasteiger partial charge in [0.05, 0.1) is 0 Å². The van der Waals surface area contributed by atoms with Crippen LogP contribution in [0.2, 0.25) is 0 Å². The predicted molar refractivity (Wildman–Crippen MR) is 78.8 cm³/mol. The van der Waals surface area contributed by atoms with E-state index in [1.54, 1.807) is 0 Å². The highest BCUT2D eigenvalue weighted by molar-refractivity contribution is 9.10. The van der Waals surface area contributed by atoms with Crippen molar-refractivity contribution >= 4 is 31.9 Å². The van der Waals surface area contributed by atoms with Crippen LogP contribution in [0.3, 0.4) is 0 Å². The molecule has 6 nitrogen and oxygen atoms in total. The lowest BCUT2D eigenvalue weighted by molar-refractivity contribution is 0.0924. The number of hydrogen-bond acceptors (Lipinski definition) is 4. The van der Waals surface area contributed by atoms with Crippen molar-refractivity contribution in [3.05, 3.63) is 16.5 Å². The second kappa shape index (κ2) is 7.24. The van der Waals surface area contributed by atoms with E-state index in [9.17, 15) is 13.2 Å². The highest BCUT2D eigenvalue weighted by atomic mass is 79.9. The first-order chi connectivity index (χ1) is 9.21. The average Bonchev–Trinajstić information content (AvgIpc) is 2.70. The number of rotatable bonds is 7. The first kappa shape index (κ1) is 17.2. The van der Waals surface area contributed by atoms with E-state index in [4.69, 9.17) is 9.56 Å². The lowest BCUT2D eigenvalue weighted by Gasteiger charge is -2.05. The average molecular weight is 367 g/mol. The Hall–Kier alpha value is -0.860. The van der Waals surface area contributed by atoms with E-state index in [-0.39, 0.29) is 15.3 Å². The minimum Gasteiger partial charge on any atom is -0.443 e. The van der Waals surface area contributed by atoms with E-state index in [0.717, 1.165) is 25.3 Å². The molecule has 0 aliphatic carbocycles. The summed E-state index contributed by atoms with van der Waals surface area (Å²) in [6, 6.07) is 1.11. The Balaban J connectivity index is 2.53. The van der Waals surface area contributed by atoms with Crippen LogP contribution in [-0.2, 0) is 10.0 Å². The number of unbranched alkanes of at least 4 members (excludes halogenated alkanes) is 1. The van der Waals surface area contributed by atoms with Gasteiger partial charge in [-0.05, 0) is 28.3 Å². The minimum absolute atomic E-state index is 0.0649. The number of nitrogens with one attached hydrogen (secondary N) is 1. The zero-order valence-electron chi connectivity index (χ0n) is 11.5. The molecule has 0 atom stereocenters. The Labute approximate surface area is 127 Å². The molecule has 3 N–H and O–H groups in total. The maximum Gasteiger partial charge on any atom is 0.287 e. The van der Waals surface area contributed by atoms with Gasteiger partial charge in [0.15, 0.2) is 10.4 Å². The van der Waals surface area contributed by atoms with Crippen molar-refractivity contribution in [2.75, 3.05) is 6.54 Å². The summed E-state index contributed by atoms with van der Waals surface area (Å²) in [7, 11) is -3.91. The van der Waals surface area contributed by atoms with E-state index in [1.807, 2.05) is 0 Å². The molecule has 0 fully saturated rings. The van der Waals surface area contributed by atoms with E-state index in [1.165, 1.54) is 0 Å². The van der Waals surface area contributed by atoms with Crippen LogP contribution in [-0.4, -0.2) is 20.9 Å². The Morgan fingerprint density at radius 2 is 2.10 bits per heavy atom. The second-order valence-electron chi connectivity index (χ2n) is 4.94. The van der Waals surface area contributed by atoms with Gasteiger partial charge in [-0.3, -0.25) is 4.79 Å². The quantitative estimate of drug-likeness (QED) is 0.722. The zero-order valence-corrected chi connectivity index (χ0v) is 13.9. The van der Waals surface area contributed by atoms with Crippen LogP contribution in [0.1, 0.15) is 43.7 Å². The van der Waals surface area contributed by atoms with Gasteiger partial charge in [-0.2, -0.15) is 0 Å². The predicted octanol–water partition coefficient (Wildman–Crippen LogP) is 2.25. The smallest absolute Gasteiger partial charge is 0.287 e. The van der Waals surface area contributed by atoms with E-state index in [0.29, 0.717) is 12.5 Å². The van der Waals surface area contributed by atoms with Gasteiger partial charge in [-0.25, -0.2) is 13.6 Å². The van der Waals surface area contributed by atoms with Crippen LogP contribution < -0.4 is 10.5 Å². The third kappa shape index (κ3) is 5.26. The first-order valence-electron chi connectivity index (χ1n) is 6.32. The monoisotopic (exact) mass is 366 g/mol. The summed E-state index contributed by atoms with van der Waals surface area (Å²) in [5, 5.41) is 7.67. The SMILES string of the molecule is CC(C)CCCCNC(=O)c1cc(S(N)(=O)=O)c(Br)o1. The zero-order chi connectivity index (χ0) is 15.3. The molecule has 0 aliphatic heterocycles. The summed E-state index contributed by atoms with van der Waals surface area (Å²) in [4.78, 5) is 11.5. The molecular weight excluding hydrogens is 348 g/mol. The third-order valence-electron chi connectivity index (χ3n) is 2.68. The van der Waals surface area contributed by atoms with Crippen molar-refractivity contribution in [1.29, 1.82) is 0 Å². The van der Waals surface area contributed by atoms with E-state index >= 15 is 0 Å². The highest BCUT2D eigenvalue weighted by Gasteiger charge is 2.21. The first-order valence-corrected chi connectivity index (χ1v) is 8.66. The van der Waals surface area contributed by atoms with Gasteiger partial charge in [-0.15, -0.1) is 0 Å². The highest BCUT2D eigenvalue weighted by Crippen LogP contribution is 2.24. The Kier molecular flexibility index (Phi) is 6.22. The molecule has 1 aromatic rings. The van der Waals surface area contributed by atoms with Gasteiger partial charge in [0, 0.05) is 12.6 Å². The van der Waals surface area contributed by atoms with Crippen LogP contribution >= 0.6 is 15.9 Å².